The van der Waals surface area contributed by atoms with E-state index in [2.05, 4.69) is 21.2 Å². The molecule has 2 rings (SSSR count). The van der Waals surface area contributed by atoms with Crippen LogP contribution in [0.2, 0.25) is 0 Å². The van der Waals surface area contributed by atoms with E-state index in [1.807, 2.05) is 13.8 Å². The summed E-state index contributed by atoms with van der Waals surface area (Å²) in [6.45, 7) is 3.93. The molecule has 0 saturated heterocycles. The average molecular weight is 397 g/mol. The number of nitrogens with zero attached hydrogens (tertiary/aromatic N) is 1. The SMILES string of the molecule is CC(C)[C@H](NCc1ccc(-c2ccc([N+](=O)[O-])cc2Br)o1)C(=O)O. The van der Waals surface area contributed by atoms with Crippen molar-refractivity contribution in [3.63, 3.8) is 0 Å². The molecular weight excluding hydrogens is 380 g/mol. The van der Waals surface area contributed by atoms with Crippen LogP contribution in [0.3, 0.4) is 0 Å². The summed E-state index contributed by atoms with van der Waals surface area (Å²) in [7, 11) is 0. The Bertz CT molecular complexity index is 757. The van der Waals surface area contributed by atoms with Crippen LogP contribution < -0.4 is 5.32 Å². The zero-order chi connectivity index (χ0) is 17.9. The van der Waals surface area contributed by atoms with Crippen LogP contribution >= 0.6 is 15.9 Å². The van der Waals surface area contributed by atoms with Crippen molar-refractivity contribution in [2.75, 3.05) is 0 Å². The van der Waals surface area contributed by atoms with E-state index in [0.717, 1.165) is 0 Å². The lowest BCUT2D eigenvalue weighted by molar-refractivity contribution is -0.384. The molecule has 128 valence electrons. The van der Waals surface area contributed by atoms with Crippen LogP contribution in [0.4, 0.5) is 5.69 Å². The number of carbonyl (C=O) groups is 1. The van der Waals surface area contributed by atoms with Gasteiger partial charge in [-0.05, 0) is 40.0 Å². The first-order valence-corrected chi connectivity index (χ1v) is 8.08. The van der Waals surface area contributed by atoms with Gasteiger partial charge in [-0.25, -0.2) is 0 Å². The molecule has 0 unspecified atom stereocenters. The normalized spacial score (nSPS) is 12.3. The largest absolute Gasteiger partial charge is 0.480 e. The van der Waals surface area contributed by atoms with Gasteiger partial charge < -0.3 is 9.52 Å². The monoisotopic (exact) mass is 396 g/mol. The number of furan rings is 1. The second-order valence-corrected chi connectivity index (χ2v) is 6.48. The van der Waals surface area contributed by atoms with E-state index in [-0.39, 0.29) is 18.2 Å². The molecule has 0 saturated carbocycles. The maximum absolute atomic E-state index is 11.2. The Balaban J connectivity index is 2.13. The smallest absolute Gasteiger partial charge is 0.320 e. The fourth-order valence-corrected chi connectivity index (χ4v) is 2.82. The summed E-state index contributed by atoms with van der Waals surface area (Å²) in [5, 5.41) is 22.9. The van der Waals surface area contributed by atoms with Crippen LogP contribution in [-0.4, -0.2) is 22.0 Å². The number of nitrogens with one attached hydrogen (secondary N) is 1. The Morgan fingerprint density at radius 1 is 1.38 bits per heavy atom. The number of nitro benzene ring substituents is 1. The van der Waals surface area contributed by atoms with E-state index in [1.54, 1.807) is 18.2 Å². The quantitative estimate of drug-likeness (QED) is 0.544. The maximum Gasteiger partial charge on any atom is 0.320 e. The van der Waals surface area contributed by atoms with Gasteiger partial charge in [0.05, 0.1) is 11.5 Å². The molecule has 7 nitrogen and oxygen atoms in total. The first-order valence-electron chi connectivity index (χ1n) is 7.28. The number of hydrogen-bond acceptors (Lipinski definition) is 5. The van der Waals surface area contributed by atoms with Crippen LogP contribution in [0.15, 0.2) is 39.2 Å². The van der Waals surface area contributed by atoms with Crippen molar-refractivity contribution >= 4 is 27.6 Å². The van der Waals surface area contributed by atoms with Crippen molar-refractivity contribution in [2.45, 2.75) is 26.4 Å². The van der Waals surface area contributed by atoms with Crippen molar-refractivity contribution < 1.29 is 19.2 Å². The second-order valence-electron chi connectivity index (χ2n) is 5.63. The van der Waals surface area contributed by atoms with Crippen molar-refractivity contribution in [2.24, 2.45) is 5.92 Å². The van der Waals surface area contributed by atoms with Gasteiger partial charge >= 0.3 is 5.97 Å². The Morgan fingerprint density at radius 2 is 2.08 bits per heavy atom. The van der Waals surface area contributed by atoms with Crippen LogP contribution in [-0.2, 0) is 11.3 Å². The first kappa shape index (κ1) is 18.2. The minimum atomic E-state index is -0.908. The van der Waals surface area contributed by atoms with Gasteiger partial charge in [0.25, 0.3) is 5.69 Å². The molecule has 2 aromatic rings. The molecule has 0 amide bonds. The average Bonchev–Trinajstić information content (AvgIpc) is 2.95. The summed E-state index contributed by atoms with van der Waals surface area (Å²) < 4.78 is 6.26. The number of hydrogen-bond donors (Lipinski definition) is 2. The number of aliphatic carboxylic acids is 1. The third-order valence-corrected chi connectivity index (χ3v) is 4.18. The predicted molar refractivity (Wildman–Crippen MR) is 91.6 cm³/mol. The maximum atomic E-state index is 11.2. The molecule has 0 radical (unpaired) electrons. The lowest BCUT2D eigenvalue weighted by atomic mass is 10.1. The molecule has 1 heterocycles. The highest BCUT2D eigenvalue weighted by molar-refractivity contribution is 9.10. The van der Waals surface area contributed by atoms with Gasteiger partial charge in [-0.1, -0.05) is 13.8 Å². The summed E-state index contributed by atoms with van der Waals surface area (Å²) in [6, 6.07) is 7.25. The Kier molecular flexibility index (Phi) is 5.74. The molecule has 0 spiro atoms. The minimum Gasteiger partial charge on any atom is -0.480 e. The van der Waals surface area contributed by atoms with Crippen LogP contribution in [0.1, 0.15) is 19.6 Å². The highest BCUT2D eigenvalue weighted by Crippen LogP contribution is 2.32. The van der Waals surface area contributed by atoms with Gasteiger partial charge in [0.2, 0.25) is 0 Å². The Hall–Kier alpha value is -2.19. The summed E-state index contributed by atoms with van der Waals surface area (Å²) >= 11 is 3.30. The molecule has 24 heavy (non-hydrogen) atoms. The molecule has 8 heteroatoms. The van der Waals surface area contributed by atoms with Gasteiger partial charge in [-0.2, -0.15) is 0 Å². The van der Waals surface area contributed by atoms with E-state index >= 15 is 0 Å². The molecule has 1 atom stereocenters. The van der Waals surface area contributed by atoms with E-state index in [0.29, 0.717) is 21.6 Å². The van der Waals surface area contributed by atoms with Crippen LogP contribution in [0, 0.1) is 16.0 Å². The Morgan fingerprint density at radius 3 is 2.62 bits per heavy atom. The summed E-state index contributed by atoms with van der Waals surface area (Å²) in [5.74, 6) is 0.169. The van der Waals surface area contributed by atoms with E-state index < -0.39 is 16.9 Å². The third kappa shape index (κ3) is 4.21. The number of benzene rings is 1. The summed E-state index contributed by atoms with van der Waals surface area (Å²) in [4.78, 5) is 21.5. The van der Waals surface area contributed by atoms with Crippen molar-refractivity contribution in [3.05, 3.63) is 50.7 Å². The molecule has 2 N–H and O–H groups in total. The lowest BCUT2D eigenvalue weighted by Gasteiger charge is -2.16. The molecule has 1 aromatic heterocycles. The number of carboxylic acid groups (broad SMARTS) is 1. The zero-order valence-corrected chi connectivity index (χ0v) is 14.7. The highest BCUT2D eigenvalue weighted by Gasteiger charge is 2.21. The number of nitro groups is 1. The van der Waals surface area contributed by atoms with E-state index in [4.69, 9.17) is 9.52 Å². The van der Waals surface area contributed by atoms with Gasteiger partial charge in [0.1, 0.15) is 17.6 Å². The second kappa shape index (κ2) is 7.59. The van der Waals surface area contributed by atoms with Crippen LogP contribution in [0.25, 0.3) is 11.3 Å². The molecule has 0 fully saturated rings. The van der Waals surface area contributed by atoms with Gasteiger partial charge in [0, 0.05) is 22.2 Å². The van der Waals surface area contributed by atoms with Gasteiger partial charge in [-0.3, -0.25) is 20.2 Å². The van der Waals surface area contributed by atoms with Crippen molar-refractivity contribution in [1.82, 2.24) is 5.32 Å². The molecular formula is C16H17BrN2O5. The number of carboxylic acids is 1. The van der Waals surface area contributed by atoms with Gasteiger partial charge in [0.15, 0.2) is 0 Å². The summed E-state index contributed by atoms with van der Waals surface area (Å²) in [6.07, 6.45) is 0. The van der Waals surface area contributed by atoms with Crippen LogP contribution in [0.5, 0.6) is 0 Å². The predicted octanol–water partition coefficient (Wildman–Crippen LogP) is 3.82. The molecule has 0 aliphatic carbocycles. The number of rotatable bonds is 7. The van der Waals surface area contributed by atoms with E-state index in [1.165, 1.54) is 12.1 Å². The molecule has 0 aliphatic heterocycles. The fourth-order valence-electron chi connectivity index (χ4n) is 2.25. The Labute approximate surface area is 146 Å². The molecule has 0 aliphatic rings. The highest BCUT2D eigenvalue weighted by atomic mass is 79.9. The lowest BCUT2D eigenvalue weighted by Crippen LogP contribution is -2.40. The minimum absolute atomic E-state index is 0.0136. The summed E-state index contributed by atoms with van der Waals surface area (Å²) in [5.41, 5.74) is 0.672. The topological polar surface area (TPSA) is 106 Å². The molecule has 1 aromatic carbocycles. The van der Waals surface area contributed by atoms with Crippen molar-refractivity contribution in [1.29, 1.82) is 0 Å². The first-order chi connectivity index (χ1) is 11.3. The van der Waals surface area contributed by atoms with Crippen molar-refractivity contribution in [3.8, 4) is 11.3 Å². The van der Waals surface area contributed by atoms with Gasteiger partial charge in [-0.15, -0.1) is 0 Å². The zero-order valence-electron chi connectivity index (χ0n) is 13.2. The number of halogens is 1. The standard InChI is InChI=1S/C16H17BrN2O5/c1-9(2)15(16(20)21)18-8-11-4-6-14(24-11)12-5-3-10(19(22)23)7-13(12)17/h3-7,9,15,18H,8H2,1-2H3,(H,20,21)/t15-/m0/s1. The fraction of sp³-hybridized carbons (Fsp3) is 0.312. The van der Waals surface area contributed by atoms with E-state index in [9.17, 15) is 14.9 Å². The molecule has 0 bridgehead atoms. The third-order valence-electron chi connectivity index (χ3n) is 3.52. The number of non-ortho nitro benzene ring substituents is 1.